The van der Waals surface area contributed by atoms with Crippen molar-refractivity contribution in [1.82, 2.24) is 5.32 Å². The Bertz CT molecular complexity index is 729. The molecule has 122 valence electrons. The van der Waals surface area contributed by atoms with Crippen molar-refractivity contribution in [3.05, 3.63) is 34.7 Å². The van der Waals surface area contributed by atoms with E-state index in [2.05, 4.69) is 19.9 Å². The summed E-state index contributed by atoms with van der Waals surface area (Å²) < 4.78 is 15.4. The third-order valence-corrected chi connectivity index (χ3v) is 3.92. The van der Waals surface area contributed by atoms with Gasteiger partial charge >= 0.3 is 7.82 Å². The Morgan fingerprint density at radius 2 is 2.09 bits per heavy atom. The van der Waals surface area contributed by atoms with Crippen LogP contribution < -0.4 is 10.2 Å². The molecule has 1 heterocycles. The summed E-state index contributed by atoms with van der Waals surface area (Å²) in [7, 11) is -4.73. The Hall–Kier alpha value is -2.00. The van der Waals surface area contributed by atoms with E-state index in [0.29, 0.717) is 11.4 Å². The summed E-state index contributed by atoms with van der Waals surface area (Å²) in [4.78, 5) is 33.9. The van der Waals surface area contributed by atoms with Crippen LogP contribution in [0.2, 0.25) is 0 Å². The highest BCUT2D eigenvalue weighted by Crippen LogP contribution is 2.39. The minimum atomic E-state index is -4.73. The molecule has 1 aliphatic heterocycles. The quantitative estimate of drug-likeness (QED) is 0.239. The Morgan fingerprint density at radius 3 is 2.61 bits per heavy atom. The third kappa shape index (κ3) is 4.05. The number of phosphoric ester groups is 1. The monoisotopic (exact) mass is 357 g/mol. The van der Waals surface area contributed by atoms with Crippen LogP contribution in [0.1, 0.15) is 6.92 Å². The Morgan fingerprint density at radius 1 is 1.48 bits per heavy atom. The molecular weight excluding hydrogens is 345 g/mol. The van der Waals surface area contributed by atoms with Gasteiger partial charge in [0.05, 0.1) is 11.8 Å². The van der Waals surface area contributed by atoms with Gasteiger partial charge in [0.1, 0.15) is 6.04 Å². The van der Waals surface area contributed by atoms with Crippen LogP contribution in [0.5, 0.6) is 0 Å². The minimum Gasteiger partial charge on any atom is -0.348 e. The molecule has 3 N–H and O–H groups in total. The molecule has 1 aliphatic rings. The fourth-order valence-electron chi connectivity index (χ4n) is 2.06. The van der Waals surface area contributed by atoms with Crippen molar-refractivity contribution in [2.24, 2.45) is 5.11 Å². The number of nitrogens with zero attached hydrogens (tertiary/aromatic N) is 4. The topological polar surface area (TPSA) is 148 Å². The van der Waals surface area contributed by atoms with Crippen LogP contribution in [0.25, 0.3) is 10.4 Å². The van der Waals surface area contributed by atoms with E-state index < -0.39 is 25.9 Å². The van der Waals surface area contributed by atoms with Gasteiger partial charge in [-0.3, -0.25) is 14.2 Å². The molecule has 1 amide bonds. The van der Waals surface area contributed by atoms with Crippen LogP contribution in [-0.4, -0.2) is 33.0 Å². The van der Waals surface area contributed by atoms with E-state index in [1.54, 1.807) is 0 Å². The van der Waals surface area contributed by atoms with Crippen LogP contribution in [0.15, 0.2) is 29.4 Å². The first kappa shape index (κ1) is 17.4. The predicted octanol–water partition coefficient (Wildman–Crippen LogP) is 1.72. The molecule has 23 heavy (non-hydrogen) atoms. The van der Waals surface area contributed by atoms with Crippen LogP contribution in [0.4, 0.5) is 11.4 Å². The first-order valence-electron chi connectivity index (χ1n) is 6.26. The molecule has 0 spiro atoms. The molecule has 1 unspecified atom stereocenters. The summed E-state index contributed by atoms with van der Waals surface area (Å²) >= 11 is 5.08. The highest BCUT2D eigenvalue weighted by atomic mass is 32.1. The van der Waals surface area contributed by atoms with Gasteiger partial charge in [0.25, 0.3) is 5.91 Å². The number of nitrogens with one attached hydrogen (secondary N) is 1. The maximum absolute atomic E-state index is 12.4. The van der Waals surface area contributed by atoms with Crippen molar-refractivity contribution in [3.63, 3.8) is 0 Å². The molecule has 2 atom stereocenters. The number of hydrogen-bond acceptors (Lipinski definition) is 5. The molecule has 1 saturated heterocycles. The van der Waals surface area contributed by atoms with Gasteiger partial charge in [-0.25, -0.2) is 4.57 Å². The molecule has 1 aromatic rings. The summed E-state index contributed by atoms with van der Waals surface area (Å²) in [5.74, 6) is -0.507. The van der Waals surface area contributed by atoms with Gasteiger partial charge in [0.15, 0.2) is 5.11 Å². The molecule has 0 radical (unpaired) electrons. The molecule has 0 saturated carbocycles. The number of carbonyl (C=O) groups is 1. The largest absolute Gasteiger partial charge is 0.469 e. The number of amides is 1. The maximum Gasteiger partial charge on any atom is 0.469 e. The lowest BCUT2D eigenvalue weighted by molar-refractivity contribution is -0.120. The highest BCUT2D eigenvalue weighted by molar-refractivity contribution is 7.80. The fraction of sp³-hybridized carbons (Fsp3) is 0.273. The highest BCUT2D eigenvalue weighted by Gasteiger charge is 2.42. The first-order chi connectivity index (χ1) is 10.7. The lowest BCUT2D eigenvalue weighted by atomic mass is 10.2. The standard InChI is InChI=1S/C11H12N5O5PS/c1-6(21-22(18,19)20)9-10(17)16(11(23)13-9)8-4-2-7(3-5-8)14-15-12/h2-6,9H,1H3,(H,13,23)(H2,18,19,20)/t6-,9?/m1/s1. The van der Waals surface area contributed by atoms with Crippen molar-refractivity contribution in [2.75, 3.05) is 4.90 Å². The average molecular weight is 357 g/mol. The number of hydrogen-bond donors (Lipinski definition) is 3. The van der Waals surface area contributed by atoms with Crippen LogP contribution >= 0.6 is 20.0 Å². The second kappa shape index (κ2) is 6.63. The number of phosphoric acid groups is 1. The Kier molecular flexibility index (Phi) is 5.00. The van der Waals surface area contributed by atoms with Crippen molar-refractivity contribution in [3.8, 4) is 0 Å². The van der Waals surface area contributed by atoms with Gasteiger partial charge in [-0.2, -0.15) is 0 Å². The Labute approximate surface area is 135 Å². The maximum atomic E-state index is 12.4. The van der Waals surface area contributed by atoms with Crippen LogP contribution in [0, 0.1) is 0 Å². The van der Waals surface area contributed by atoms with E-state index in [4.69, 9.17) is 27.5 Å². The number of thiocarbonyl (C=S) groups is 1. The van der Waals surface area contributed by atoms with E-state index in [0.717, 1.165) is 0 Å². The van der Waals surface area contributed by atoms with Crippen molar-refractivity contribution in [1.29, 1.82) is 0 Å². The molecule has 0 bridgehead atoms. The zero-order chi connectivity index (χ0) is 17.2. The number of anilines is 1. The lowest BCUT2D eigenvalue weighted by Crippen LogP contribution is -2.40. The predicted molar refractivity (Wildman–Crippen MR) is 84.8 cm³/mol. The number of rotatable bonds is 5. The SMILES string of the molecule is C[C@@H](OP(=O)(O)O)C1NC(=S)N(c2ccc(N=[N+]=[N-])cc2)C1=O. The summed E-state index contributed by atoms with van der Waals surface area (Å²) in [6.45, 7) is 1.35. The van der Waals surface area contributed by atoms with E-state index in [-0.39, 0.29) is 5.11 Å². The van der Waals surface area contributed by atoms with E-state index >= 15 is 0 Å². The number of azide groups is 1. The smallest absolute Gasteiger partial charge is 0.348 e. The van der Waals surface area contributed by atoms with Gasteiger partial charge in [0, 0.05) is 10.6 Å². The molecule has 12 heteroatoms. The summed E-state index contributed by atoms with van der Waals surface area (Å²) in [6.07, 6.45) is -1.09. The molecular formula is C11H12N5O5PS. The van der Waals surface area contributed by atoms with Gasteiger partial charge < -0.3 is 15.1 Å². The lowest BCUT2D eigenvalue weighted by Gasteiger charge is -2.19. The van der Waals surface area contributed by atoms with E-state index in [1.165, 1.54) is 36.1 Å². The molecule has 0 aromatic heterocycles. The molecule has 2 rings (SSSR count). The van der Waals surface area contributed by atoms with Crippen LogP contribution in [-0.2, 0) is 13.9 Å². The normalized spacial score (nSPS) is 19.3. The summed E-state index contributed by atoms with van der Waals surface area (Å²) in [6, 6.07) is 5.06. The molecule has 10 nitrogen and oxygen atoms in total. The fourth-order valence-corrected chi connectivity index (χ4v) is 2.94. The van der Waals surface area contributed by atoms with Crippen molar-refractivity contribution >= 4 is 42.4 Å². The zero-order valence-electron chi connectivity index (χ0n) is 11.7. The minimum absolute atomic E-state index is 0.0812. The second-order valence-corrected chi connectivity index (χ2v) is 6.19. The molecule has 1 aromatic carbocycles. The van der Waals surface area contributed by atoms with Gasteiger partial charge in [0.2, 0.25) is 0 Å². The summed E-state index contributed by atoms with van der Waals surface area (Å²) in [5.41, 5.74) is 9.16. The van der Waals surface area contributed by atoms with Crippen molar-refractivity contribution in [2.45, 2.75) is 19.1 Å². The molecule has 0 aliphatic carbocycles. The zero-order valence-corrected chi connectivity index (χ0v) is 13.4. The summed E-state index contributed by atoms with van der Waals surface area (Å²) in [5, 5.41) is 6.17. The first-order valence-corrected chi connectivity index (χ1v) is 8.20. The van der Waals surface area contributed by atoms with Crippen LogP contribution in [0.3, 0.4) is 0 Å². The average Bonchev–Trinajstić information content (AvgIpc) is 2.74. The number of carbonyl (C=O) groups excluding carboxylic acids is 1. The van der Waals surface area contributed by atoms with Gasteiger partial charge in [-0.15, -0.1) is 0 Å². The van der Waals surface area contributed by atoms with Crippen molar-refractivity contribution < 1.29 is 23.7 Å². The number of benzene rings is 1. The second-order valence-electron chi connectivity index (χ2n) is 4.61. The van der Waals surface area contributed by atoms with E-state index in [1.807, 2.05) is 0 Å². The van der Waals surface area contributed by atoms with Gasteiger partial charge in [-0.05, 0) is 36.8 Å². The third-order valence-electron chi connectivity index (χ3n) is 3.01. The van der Waals surface area contributed by atoms with E-state index in [9.17, 15) is 9.36 Å². The Balaban J connectivity index is 2.21. The van der Waals surface area contributed by atoms with Gasteiger partial charge in [-0.1, -0.05) is 17.2 Å². The molecule has 1 fully saturated rings.